The van der Waals surface area contributed by atoms with E-state index in [4.69, 9.17) is 14.2 Å². The number of carbonyl (C=O) groups is 1. The summed E-state index contributed by atoms with van der Waals surface area (Å²) in [5, 5.41) is 3.55. The number of hydrogen-bond acceptors (Lipinski definition) is 7. The van der Waals surface area contributed by atoms with Crippen molar-refractivity contribution in [1.29, 1.82) is 0 Å². The topological polar surface area (TPSA) is 106 Å². The van der Waals surface area contributed by atoms with Crippen molar-refractivity contribution in [3.8, 4) is 11.5 Å². The van der Waals surface area contributed by atoms with Gasteiger partial charge < -0.3 is 29.4 Å². The third kappa shape index (κ3) is 4.54. The molecule has 0 aliphatic carbocycles. The van der Waals surface area contributed by atoms with Crippen molar-refractivity contribution >= 4 is 29.2 Å². The Morgan fingerprint density at radius 2 is 2.04 bits per heavy atom. The number of aromatic nitrogens is 2. The fourth-order valence-corrected chi connectivity index (χ4v) is 3.06. The van der Waals surface area contributed by atoms with Crippen LogP contribution in [0.1, 0.15) is 12.7 Å². The highest BCUT2D eigenvalue weighted by Crippen LogP contribution is 2.29. The number of carbonyl (C=O) groups excluding carboxylic acids is 1. The van der Waals surface area contributed by atoms with Crippen molar-refractivity contribution in [2.24, 2.45) is 0 Å². The first-order valence-electron chi connectivity index (χ1n) is 8.82. The summed E-state index contributed by atoms with van der Waals surface area (Å²) < 4.78 is 15.9. The van der Waals surface area contributed by atoms with Crippen LogP contribution in [0.2, 0.25) is 0 Å². The number of aromatic amines is 1. The first kappa shape index (κ1) is 21.9. The van der Waals surface area contributed by atoms with Gasteiger partial charge in [0.25, 0.3) is 5.56 Å². The Kier molecular flexibility index (Phi) is 7.61. The Bertz CT molecular complexity index is 882. The first-order chi connectivity index (χ1) is 13.1. The monoisotopic (exact) mass is 412 g/mol. The quantitative estimate of drug-likeness (QED) is 0.719. The Hall–Kier alpha value is -2.36. The van der Waals surface area contributed by atoms with Crippen LogP contribution in [-0.2, 0) is 16.1 Å². The Labute approximate surface area is 168 Å². The molecule has 0 bridgehead atoms. The number of fused-ring (bicyclic) bond motifs is 1. The van der Waals surface area contributed by atoms with Crippen molar-refractivity contribution in [2.75, 3.05) is 40.5 Å². The van der Waals surface area contributed by atoms with Gasteiger partial charge >= 0.3 is 0 Å². The average molecular weight is 413 g/mol. The lowest BCUT2D eigenvalue weighted by Gasteiger charge is -2.29. The van der Waals surface area contributed by atoms with Gasteiger partial charge in [-0.05, 0) is 13.0 Å². The molecule has 1 fully saturated rings. The Balaban J connectivity index is 0.00000280. The van der Waals surface area contributed by atoms with Gasteiger partial charge in [-0.3, -0.25) is 9.59 Å². The number of rotatable bonds is 6. The smallest absolute Gasteiger partial charge is 0.258 e. The van der Waals surface area contributed by atoms with E-state index in [0.29, 0.717) is 54.5 Å². The number of morpholine rings is 1. The number of nitrogens with zero attached hydrogens (tertiary/aromatic N) is 2. The molecule has 1 atom stereocenters. The predicted octanol–water partition coefficient (Wildman–Crippen LogP) is 0.699. The molecule has 0 spiro atoms. The number of amides is 1. The predicted molar refractivity (Wildman–Crippen MR) is 106 cm³/mol. The van der Waals surface area contributed by atoms with Crippen LogP contribution >= 0.6 is 12.4 Å². The van der Waals surface area contributed by atoms with Crippen LogP contribution in [0.4, 0.5) is 0 Å². The lowest BCUT2D eigenvalue weighted by atomic mass is 10.2. The number of methoxy groups -OCH3 is 2. The van der Waals surface area contributed by atoms with Gasteiger partial charge in [0.15, 0.2) is 11.5 Å². The zero-order chi connectivity index (χ0) is 19.4. The number of halogens is 1. The molecule has 10 heteroatoms. The molecule has 2 N–H and O–H groups in total. The molecule has 0 radical (unpaired) electrons. The molecule has 1 aromatic heterocycles. The second-order valence-electron chi connectivity index (χ2n) is 6.17. The summed E-state index contributed by atoms with van der Waals surface area (Å²) in [6.45, 7) is 4.15. The van der Waals surface area contributed by atoms with E-state index in [1.54, 1.807) is 17.0 Å². The summed E-state index contributed by atoms with van der Waals surface area (Å²) in [5.41, 5.74) is 0.188. The summed E-state index contributed by atoms with van der Waals surface area (Å²) in [4.78, 5) is 34.1. The van der Waals surface area contributed by atoms with Gasteiger partial charge in [0.2, 0.25) is 5.91 Å². The average Bonchev–Trinajstić information content (AvgIpc) is 2.71. The van der Waals surface area contributed by atoms with Crippen molar-refractivity contribution in [3.05, 3.63) is 28.3 Å². The molecule has 0 saturated carbocycles. The molecule has 1 aliphatic rings. The van der Waals surface area contributed by atoms with Crippen LogP contribution in [-0.4, -0.2) is 67.3 Å². The number of nitrogens with one attached hydrogen (secondary N) is 2. The van der Waals surface area contributed by atoms with Crippen molar-refractivity contribution in [1.82, 2.24) is 20.2 Å². The number of H-pyrrole nitrogens is 1. The summed E-state index contributed by atoms with van der Waals surface area (Å²) in [6, 6.07) is 2.87. The maximum atomic E-state index is 12.7. The van der Waals surface area contributed by atoms with Crippen LogP contribution in [0.5, 0.6) is 11.5 Å². The van der Waals surface area contributed by atoms with E-state index in [1.165, 1.54) is 14.2 Å². The lowest BCUT2D eigenvalue weighted by molar-refractivity contribution is -0.136. The van der Waals surface area contributed by atoms with Gasteiger partial charge in [-0.2, -0.15) is 0 Å². The van der Waals surface area contributed by atoms with Crippen molar-refractivity contribution in [2.45, 2.75) is 19.5 Å². The van der Waals surface area contributed by atoms with Crippen molar-refractivity contribution in [3.63, 3.8) is 0 Å². The molecule has 154 valence electrons. The van der Waals surface area contributed by atoms with Gasteiger partial charge in [0.05, 0.1) is 44.9 Å². The number of likely N-dealkylation sites (N-methyl/N-ethyl adjacent to an activating group) is 1. The fourth-order valence-electron chi connectivity index (χ4n) is 3.06. The minimum absolute atomic E-state index is 0. The van der Waals surface area contributed by atoms with Gasteiger partial charge in [0, 0.05) is 19.2 Å². The standard InChI is InChI=1S/C18H24N4O5.ClH/c1-4-22(18(24)13-10-27-6-5-19-13)9-16-20-12-8-15(26-3)14(25-2)7-11(12)17(23)21-16;/h7-8,13,19H,4-6,9-10H2,1-3H3,(H,20,21,23);1H. The molecule has 3 rings (SSSR count). The molecule has 1 aromatic carbocycles. The van der Waals surface area contributed by atoms with E-state index in [0.717, 1.165) is 0 Å². The van der Waals surface area contributed by atoms with Gasteiger partial charge in [-0.1, -0.05) is 0 Å². The molecular weight excluding hydrogens is 388 g/mol. The van der Waals surface area contributed by atoms with E-state index in [1.807, 2.05) is 6.92 Å². The zero-order valence-corrected chi connectivity index (χ0v) is 16.9. The highest BCUT2D eigenvalue weighted by Gasteiger charge is 2.26. The van der Waals surface area contributed by atoms with Crippen LogP contribution in [0.15, 0.2) is 16.9 Å². The minimum Gasteiger partial charge on any atom is -0.493 e. The molecule has 9 nitrogen and oxygen atoms in total. The van der Waals surface area contributed by atoms with E-state index >= 15 is 0 Å². The van der Waals surface area contributed by atoms with E-state index < -0.39 is 0 Å². The maximum Gasteiger partial charge on any atom is 0.258 e. The highest BCUT2D eigenvalue weighted by atomic mass is 35.5. The van der Waals surface area contributed by atoms with Gasteiger partial charge in [-0.15, -0.1) is 12.4 Å². The summed E-state index contributed by atoms with van der Waals surface area (Å²) in [6.07, 6.45) is 0. The molecule has 1 saturated heterocycles. The maximum absolute atomic E-state index is 12.7. The SMILES string of the molecule is CCN(Cc1nc2cc(OC)c(OC)cc2c(=O)[nH]1)C(=O)C1COCCN1.Cl. The number of benzene rings is 1. The molecule has 1 amide bonds. The summed E-state index contributed by atoms with van der Waals surface area (Å²) in [7, 11) is 3.03. The van der Waals surface area contributed by atoms with Crippen molar-refractivity contribution < 1.29 is 19.0 Å². The normalized spacial score (nSPS) is 16.3. The zero-order valence-electron chi connectivity index (χ0n) is 16.1. The molecule has 1 aliphatic heterocycles. The first-order valence-corrected chi connectivity index (χ1v) is 8.82. The van der Waals surface area contributed by atoms with E-state index in [-0.39, 0.29) is 36.5 Å². The Morgan fingerprint density at radius 3 is 2.64 bits per heavy atom. The third-order valence-electron chi connectivity index (χ3n) is 4.51. The lowest BCUT2D eigenvalue weighted by Crippen LogP contribution is -2.52. The second-order valence-corrected chi connectivity index (χ2v) is 6.17. The fraction of sp³-hybridized carbons (Fsp3) is 0.500. The van der Waals surface area contributed by atoms with Crippen LogP contribution in [0.3, 0.4) is 0 Å². The Morgan fingerprint density at radius 1 is 1.32 bits per heavy atom. The van der Waals surface area contributed by atoms with E-state index in [9.17, 15) is 9.59 Å². The number of hydrogen-bond donors (Lipinski definition) is 2. The second kappa shape index (κ2) is 9.72. The highest BCUT2D eigenvalue weighted by molar-refractivity contribution is 5.85. The molecular formula is C18H25ClN4O5. The van der Waals surface area contributed by atoms with Gasteiger partial charge in [0.1, 0.15) is 11.9 Å². The van der Waals surface area contributed by atoms with Crippen LogP contribution in [0.25, 0.3) is 10.9 Å². The largest absolute Gasteiger partial charge is 0.493 e. The summed E-state index contributed by atoms with van der Waals surface area (Å²) >= 11 is 0. The summed E-state index contributed by atoms with van der Waals surface area (Å²) in [5.74, 6) is 1.28. The van der Waals surface area contributed by atoms with Crippen LogP contribution < -0.4 is 20.3 Å². The molecule has 1 unspecified atom stereocenters. The van der Waals surface area contributed by atoms with Crippen LogP contribution in [0, 0.1) is 0 Å². The molecule has 28 heavy (non-hydrogen) atoms. The van der Waals surface area contributed by atoms with Gasteiger partial charge in [-0.25, -0.2) is 4.98 Å². The molecule has 2 heterocycles. The third-order valence-corrected chi connectivity index (χ3v) is 4.51. The number of ether oxygens (including phenoxy) is 3. The molecule has 2 aromatic rings. The minimum atomic E-state index is -0.379. The van der Waals surface area contributed by atoms with E-state index in [2.05, 4.69) is 15.3 Å².